The van der Waals surface area contributed by atoms with Gasteiger partial charge in [0.05, 0.1) is 30.4 Å². The molecule has 28 heavy (non-hydrogen) atoms. The minimum Gasteiger partial charge on any atom is -0.394 e. The van der Waals surface area contributed by atoms with Gasteiger partial charge in [-0.25, -0.2) is 0 Å². The third-order valence-electron chi connectivity index (χ3n) is 5.81. The Balaban J connectivity index is 1.89. The number of methoxy groups -OCH3 is 1. The number of halogens is 1. The van der Waals surface area contributed by atoms with Crippen LogP contribution in [-0.4, -0.2) is 30.5 Å². The van der Waals surface area contributed by atoms with Crippen molar-refractivity contribution >= 4 is 15.9 Å². The van der Waals surface area contributed by atoms with Crippen LogP contribution in [0.2, 0.25) is 0 Å². The van der Waals surface area contributed by atoms with Gasteiger partial charge in [0, 0.05) is 17.1 Å². The summed E-state index contributed by atoms with van der Waals surface area (Å²) in [5.41, 5.74) is 2.63. The molecule has 1 saturated carbocycles. The molecule has 0 saturated heterocycles. The smallest absolute Gasteiger partial charge is 0.0994 e. The Morgan fingerprint density at radius 1 is 1.25 bits per heavy atom. The Bertz CT molecular complexity index is 811. The molecule has 0 heterocycles. The molecule has 148 valence electrons. The lowest BCUT2D eigenvalue weighted by atomic mass is 9.75. The van der Waals surface area contributed by atoms with E-state index in [1.54, 1.807) is 7.11 Å². The van der Waals surface area contributed by atoms with E-state index in [4.69, 9.17) is 4.74 Å². The van der Waals surface area contributed by atoms with Crippen molar-refractivity contribution in [2.45, 2.75) is 49.8 Å². The normalized spacial score (nSPS) is 23.1. The Labute approximate surface area is 175 Å². The van der Waals surface area contributed by atoms with E-state index in [1.165, 1.54) is 0 Å². The number of aliphatic hydroxyl groups is 1. The average molecular weight is 443 g/mol. The van der Waals surface area contributed by atoms with Crippen molar-refractivity contribution in [2.75, 3.05) is 13.7 Å². The van der Waals surface area contributed by atoms with Crippen LogP contribution < -0.4 is 5.32 Å². The van der Waals surface area contributed by atoms with Crippen molar-refractivity contribution in [2.24, 2.45) is 0 Å². The summed E-state index contributed by atoms with van der Waals surface area (Å²) < 4.78 is 6.49. The Morgan fingerprint density at radius 3 is 2.57 bits per heavy atom. The largest absolute Gasteiger partial charge is 0.394 e. The molecule has 0 unspecified atom stereocenters. The molecule has 0 aromatic heterocycles. The second-order valence-electron chi connectivity index (χ2n) is 7.60. The van der Waals surface area contributed by atoms with Crippen LogP contribution in [-0.2, 0) is 11.2 Å². The first kappa shape index (κ1) is 21.0. The fourth-order valence-electron chi connectivity index (χ4n) is 4.21. The zero-order valence-electron chi connectivity index (χ0n) is 16.2. The van der Waals surface area contributed by atoms with Gasteiger partial charge in [0.15, 0.2) is 0 Å². The highest BCUT2D eigenvalue weighted by molar-refractivity contribution is 9.10. The standard InChI is InChI=1S/C23H27BrN2O2/c1-28-21-9-11-23(12-10-21,14-18-7-8-20(24)13-19(18)15-25)26-22(16-27)17-5-3-2-4-6-17/h2-8,13,21-22,26-27H,9-12,14,16H2,1H3/t21?,22-,23?/m1/s1. The van der Waals surface area contributed by atoms with Gasteiger partial charge in [0.1, 0.15) is 0 Å². The number of nitrogens with one attached hydrogen (secondary N) is 1. The van der Waals surface area contributed by atoms with Crippen LogP contribution in [0.3, 0.4) is 0 Å². The van der Waals surface area contributed by atoms with E-state index in [2.05, 4.69) is 27.3 Å². The van der Waals surface area contributed by atoms with Gasteiger partial charge < -0.3 is 15.2 Å². The highest BCUT2D eigenvalue weighted by Crippen LogP contribution is 2.36. The molecule has 1 fully saturated rings. The van der Waals surface area contributed by atoms with Crippen LogP contribution in [0.1, 0.15) is 48.4 Å². The maximum atomic E-state index is 10.1. The molecule has 0 aliphatic heterocycles. The third kappa shape index (κ3) is 5.01. The highest BCUT2D eigenvalue weighted by atomic mass is 79.9. The van der Waals surface area contributed by atoms with Crippen molar-refractivity contribution in [1.82, 2.24) is 5.32 Å². The minimum absolute atomic E-state index is 0.0327. The van der Waals surface area contributed by atoms with E-state index in [9.17, 15) is 10.4 Å². The Kier molecular flexibility index (Phi) is 7.25. The molecule has 1 aliphatic rings. The van der Waals surface area contributed by atoms with E-state index in [0.717, 1.165) is 47.7 Å². The topological polar surface area (TPSA) is 65.3 Å². The molecule has 4 nitrogen and oxygen atoms in total. The summed E-state index contributed by atoms with van der Waals surface area (Å²) in [7, 11) is 1.77. The predicted octanol–water partition coefficient (Wildman–Crippen LogP) is 4.51. The molecule has 2 aromatic rings. The van der Waals surface area contributed by atoms with Crippen LogP contribution in [0.5, 0.6) is 0 Å². The minimum atomic E-state index is -0.183. The van der Waals surface area contributed by atoms with Gasteiger partial charge in [-0.15, -0.1) is 0 Å². The SMILES string of the molecule is COC1CCC(Cc2ccc(Br)cc2C#N)(N[C@H](CO)c2ccccc2)CC1. The van der Waals surface area contributed by atoms with Crippen molar-refractivity contribution in [3.8, 4) is 6.07 Å². The maximum Gasteiger partial charge on any atom is 0.0994 e. The number of hydrogen-bond donors (Lipinski definition) is 2. The van der Waals surface area contributed by atoms with Gasteiger partial charge in [-0.2, -0.15) is 5.26 Å². The van der Waals surface area contributed by atoms with Gasteiger partial charge in [0.25, 0.3) is 0 Å². The molecule has 0 radical (unpaired) electrons. The first-order valence-electron chi connectivity index (χ1n) is 9.74. The van der Waals surface area contributed by atoms with Crippen LogP contribution in [0.15, 0.2) is 53.0 Å². The third-order valence-corrected chi connectivity index (χ3v) is 6.30. The number of benzene rings is 2. The fourth-order valence-corrected chi connectivity index (χ4v) is 4.57. The zero-order valence-corrected chi connectivity index (χ0v) is 17.8. The highest BCUT2D eigenvalue weighted by Gasteiger charge is 2.37. The van der Waals surface area contributed by atoms with Gasteiger partial charge >= 0.3 is 0 Å². The first-order chi connectivity index (χ1) is 13.6. The molecule has 0 amide bonds. The summed E-state index contributed by atoms with van der Waals surface area (Å²) in [5, 5.41) is 23.4. The van der Waals surface area contributed by atoms with E-state index >= 15 is 0 Å². The first-order valence-corrected chi connectivity index (χ1v) is 10.5. The van der Waals surface area contributed by atoms with Crippen LogP contribution >= 0.6 is 15.9 Å². The van der Waals surface area contributed by atoms with Gasteiger partial charge in [-0.1, -0.05) is 52.3 Å². The summed E-state index contributed by atoms with van der Waals surface area (Å²) in [5.74, 6) is 0. The quantitative estimate of drug-likeness (QED) is 0.661. The van der Waals surface area contributed by atoms with E-state index in [0.29, 0.717) is 5.56 Å². The fraction of sp³-hybridized carbons (Fsp3) is 0.435. The predicted molar refractivity (Wildman–Crippen MR) is 114 cm³/mol. The van der Waals surface area contributed by atoms with E-state index < -0.39 is 0 Å². The summed E-state index contributed by atoms with van der Waals surface area (Å²) in [4.78, 5) is 0. The molecule has 0 bridgehead atoms. The van der Waals surface area contributed by atoms with Crippen LogP contribution in [0.25, 0.3) is 0 Å². The summed E-state index contributed by atoms with van der Waals surface area (Å²) >= 11 is 3.46. The number of hydrogen-bond acceptors (Lipinski definition) is 4. The molecule has 3 rings (SSSR count). The molecular weight excluding hydrogens is 416 g/mol. The lowest BCUT2D eigenvalue weighted by molar-refractivity contribution is 0.0351. The molecule has 0 spiro atoms. The van der Waals surface area contributed by atoms with E-state index in [1.807, 2.05) is 48.5 Å². The molecule has 1 atom stereocenters. The van der Waals surface area contributed by atoms with Gasteiger partial charge in [-0.05, 0) is 55.4 Å². The number of ether oxygens (including phenoxy) is 1. The van der Waals surface area contributed by atoms with Gasteiger partial charge in [0.2, 0.25) is 0 Å². The summed E-state index contributed by atoms with van der Waals surface area (Å²) in [6.07, 6.45) is 4.85. The number of rotatable bonds is 7. The Morgan fingerprint density at radius 2 is 1.96 bits per heavy atom. The zero-order chi connectivity index (χ0) is 20.0. The second-order valence-corrected chi connectivity index (χ2v) is 8.51. The molecule has 5 heteroatoms. The summed E-state index contributed by atoms with van der Waals surface area (Å²) in [6.45, 7) is 0.0327. The van der Waals surface area contributed by atoms with Crippen molar-refractivity contribution < 1.29 is 9.84 Å². The van der Waals surface area contributed by atoms with Crippen LogP contribution in [0, 0.1) is 11.3 Å². The summed E-state index contributed by atoms with van der Waals surface area (Å²) in [6, 6.07) is 18.2. The number of nitriles is 1. The monoisotopic (exact) mass is 442 g/mol. The molecule has 1 aliphatic carbocycles. The molecule has 2 aromatic carbocycles. The van der Waals surface area contributed by atoms with E-state index in [-0.39, 0.29) is 24.3 Å². The van der Waals surface area contributed by atoms with Gasteiger partial charge in [-0.3, -0.25) is 0 Å². The molecular formula is C23H27BrN2O2. The van der Waals surface area contributed by atoms with Crippen molar-refractivity contribution in [3.63, 3.8) is 0 Å². The molecule has 2 N–H and O–H groups in total. The van der Waals surface area contributed by atoms with Crippen LogP contribution in [0.4, 0.5) is 0 Å². The lowest BCUT2D eigenvalue weighted by Crippen LogP contribution is -2.52. The van der Waals surface area contributed by atoms with Crippen molar-refractivity contribution in [3.05, 3.63) is 69.7 Å². The number of nitrogens with zero attached hydrogens (tertiary/aromatic N) is 1. The lowest BCUT2D eigenvalue weighted by Gasteiger charge is -2.43. The maximum absolute atomic E-state index is 10.1. The second kappa shape index (κ2) is 9.67. The number of aliphatic hydroxyl groups excluding tert-OH is 1. The Hall–Kier alpha value is -1.71. The van der Waals surface area contributed by atoms with Crippen molar-refractivity contribution in [1.29, 1.82) is 5.26 Å². The average Bonchev–Trinajstić information content (AvgIpc) is 2.74.